The number of anilines is 3. The summed E-state index contributed by atoms with van der Waals surface area (Å²) >= 11 is 1.08. The van der Waals surface area contributed by atoms with Gasteiger partial charge >= 0.3 is 0 Å². The molecule has 0 spiro atoms. The van der Waals surface area contributed by atoms with Crippen molar-refractivity contribution in [2.75, 3.05) is 43.2 Å². The Morgan fingerprint density at radius 3 is 2.45 bits per heavy atom. The van der Waals surface area contributed by atoms with E-state index < -0.39 is 11.7 Å². The summed E-state index contributed by atoms with van der Waals surface area (Å²) in [6, 6.07) is 8.54. The second kappa shape index (κ2) is 10.8. The third-order valence-corrected chi connectivity index (χ3v) is 7.22. The van der Waals surface area contributed by atoms with Crippen molar-refractivity contribution in [1.29, 1.82) is 0 Å². The van der Waals surface area contributed by atoms with Crippen LogP contribution in [-0.2, 0) is 0 Å². The molecule has 1 aliphatic heterocycles. The van der Waals surface area contributed by atoms with Gasteiger partial charge in [0.1, 0.15) is 11.6 Å². The topological polar surface area (TPSA) is 107 Å². The first-order valence-electron chi connectivity index (χ1n) is 12.5. The number of nitrogens with two attached hydrogens (primary N) is 1. The van der Waals surface area contributed by atoms with Gasteiger partial charge in [0.05, 0.1) is 24.4 Å². The van der Waals surface area contributed by atoms with Gasteiger partial charge in [0.15, 0.2) is 16.5 Å². The molecule has 2 aromatic heterocycles. The van der Waals surface area contributed by atoms with Crippen LogP contribution in [0.1, 0.15) is 36.5 Å². The van der Waals surface area contributed by atoms with Crippen LogP contribution >= 0.6 is 11.3 Å². The first kappa shape index (κ1) is 25.7. The van der Waals surface area contributed by atoms with Crippen LogP contribution in [0.3, 0.4) is 0 Å². The third-order valence-electron chi connectivity index (χ3n) is 6.36. The number of ether oxygens (including phenoxy) is 2. The zero-order valence-electron chi connectivity index (χ0n) is 21.5. The second-order valence-corrected chi connectivity index (χ2v) is 9.71. The normalized spacial score (nSPS) is 13.2. The number of benzene rings is 2. The Kier molecular flexibility index (Phi) is 7.28. The summed E-state index contributed by atoms with van der Waals surface area (Å²) in [4.78, 5) is 29.6. The standard InChI is InChI=1S/C27H29FN6O3S/c1-4-36-22-13-18-20(14-23(22)37-5-2)31-27(34-10-6-7-11-34)32-25(18)33(3)16-8-9-19(28)17(12-16)21-15-38-26(30-21)24(29)35/h8-9,12-15H,4-7,10-11H2,1-3H3,(H2,29,35). The van der Waals surface area contributed by atoms with Gasteiger partial charge in [-0.2, -0.15) is 4.98 Å². The molecule has 0 atom stereocenters. The highest BCUT2D eigenvalue weighted by molar-refractivity contribution is 7.12. The van der Waals surface area contributed by atoms with E-state index >= 15 is 0 Å². The molecule has 4 aromatic rings. The summed E-state index contributed by atoms with van der Waals surface area (Å²) in [7, 11) is 1.87. The highest BCUT2D eigenvalue weighted by Gasteiger charge is 2.22. The number of thiazole rings is 1. The average molecular weight is 537 g/mol. The highest BCUT2D eigenvalue weighted by Crippen LogP contribution is 2.39. The Balaban J connectivity index is 1.65. The summed E-state index contributed by atoms with van der Waals surface area (Å²) in [5, 5.41) is 2.53. The molecule has 11 heteroatoms. The zero-order chi connectivity index (χ0) is 26.8. The van der Waals surface area contributed by atoms with E-state index in [1.807, 2.05) is 37.9 Å². The van der Waals surface area contributed by atoms with E-state index in [-0.39, 0.29) is 10.6 Å². The summed E-state index contributed by atoms with van der Waals surface area (Å²) in [5.74, 6) is 1.42. The van der Waals surface area contributed by atoms with Gasteiger partial charge in [0.25, 0.3) is 5.91 Å². The van der Waals surface area contributed by atoms with Gasteiger partial charge < -0.3 is 25.0 Å². The Morgan fingerprint density at radius 1 is 1.08 bits per heavy atom. The van der Waals surface area contributed by atoms with Crippen LogP contribution in [0.2, 0.25) is 0 Å². The predicted octanol–water partition coefficient (Wildman–Crippen LogP) is 5.16. The van der Waals surface area contributed by atoms with Crippen molar-refractivity contribution >= 4 is 45.6 Å². The number of hydrogen-bond acceptors (Lipinski definition) is 9. The van der Waals surface area contributed by atoms with Crippen molar-refractivity contribution < 1.29 is 18.7 Å². The van der Waals surface area contributed by atoms with Crippen LogP contribution in [-0.4, -0.2) is 54.2 Å². The lowest BCUT2D eigenvalue weighted by Gasteiger charge is -2.24. The lowest BCUT2D eigenvalue weighted by atomic mass is 10.1. The monoisotopic (exact) mass is 536 g/mol. The molecule has 2 N–H and O–H groups in total. The molecule has 0 aliphatic carbocycles. The Bertz CT molecular complexity index is 1490. The van der Waals surface area contributed by atoms with Gasteiger partial charge in [-0.1, -0.05) is 0 Å². The van der Waals surface area contributed by atoms with E-state index in [9.17, 15) is 9.18 Å². The summed E-state index contributed by atoms with van der Waals surface area (Å²) in [6.07, 6.45) is 2.17. The average Bonchev–Trinajstić information content (AvgIpc) is 3.62. The van der Waals surface area contributed by atoms with Gasteiger partial charge in [-0.15, -0.1) is 11.3 Å². The number of fused-ring (bicyclic) bond motifs is 1. The molecule has 1 fully saturated rings. The number of amides is 1. The molecular weight excluding hydrogens is 507 g/mol. The van der Waals surface area contributed by atoms with Crippen molar-refractivity contribution in [1.82, 2.24) is 15.0 Å². The number of carbonyl (C=O) groups excluding carboxylic acids is 1. The van der Waals surface area contributed by atoms with Crippen LogP contribution in [0.4, 0.5) is 21.8 Å². The largest absolute Gasteiger partial charge is 0.490 e. The van der Waals surface area contributed by atoms with E-state index in [4.69, 9.17) is 25.2 Å². The molecular formula is C27H29FN6O3S. The third kappa shape index (κ3) is 4.93. The number of halogens is 1. The zero-order valence-corrected chi connectivity index (χ0v) is 22.3. The molecule has 1 amide bonds. The molecule has 38 heavy (non-hydrogen) atoms. The molecule has 0 radical (unpaired) electrons. The first-order chi connectivity index (χ1) is 18.4. The Morgan fingerprint density at radius 2 is 1.79 bits per heavy atom. The van der Waals surface area contributed by atoms with Crippen molar-refractivity contribution in [3.8, 4) is 22.8 Å². The molecule has 1 saturated heterocycles. The number of nitrogens with zero attached hydrogens (tertiary/aromatic N) is 5. The number of primary amides is 1. The molecule has 1 aliphatic rings. The molecule has 0 unspecified atom stereocenters. The molecule has 198 valence electrons. The van der Waals surface area contributed by atoms with Crippen molar-refractivity contribution in [2.24, 2.45) is 5.73 Å². The minimum absolute atomic E-state index is 0.128. The molecule has 5 rings (SSSR count). The summed E-state index contributed by atoms with van der Waals surface area (Å²) < 4.78 is 26.6. The van der Waals surface area contributed by atoms with Gasteiger partial charge in [-0.05, 0) is 51.0 Å². The van der Waals surface area contributed by atoms with E-state index in [0.29, 0.717) is 47.9 Å². The maximum absolute atomic E-state index is 14.9. The fraction of sp³-hybridized carbons (Fsp3) is 0.333. The minimum atomic E-state index is -0.645. The van der Waals surface area contributed by atoms with Gasteiger partial charge in [0.2, 0.25) is 5.95 Å². The Hall–Kier alpha value is -3.99. The van der Waals surface area contributed by atoms with Crippen LogP contribution in [0.5, 0.6) is 11.5 Å². The van der Waals surface area contributed by atoms with Crippen LogP contribution in [0, 0.1) is 5.82 Å². The maximum Gasteiger partial charge on any atom is 0.277 e. The second-order valence-electron chi connectivity index (χ2n) is 8.85. The number of carbonyl (C=O) groups is 1. The maximum atomic E-state index is 14.9. The molecule has 9 nitrogen and oxygen atoms in total. The SMILES string of the molecule is CCOc1cc2nc(N3CCCC3)nc(N(C)c3ccc(F)c(-c4csc(C(N)=O)n4)c3)c2cc1OCC. The van der Waals surface area contributed by atoms with E-state index in [2.05, 4.69) is 9.88 Å². The van der Waals surface area contributed by atoms with E-state index in [0.717, 1.165) is 48.2 Å². The van der Waals surface area contributed by atoms with Gasteiger partial charge in [-0.25, -0.2) is 14.4 Å². The fourth-order valence-corrected chi connectivity index (χ4v) is 5.18. The quantitative estimate of drug-likeness (QED) is 0.313. The lowest BCUT2D eigenvalue weighted by Crippen LogP contribution is -2.22. The molecule has 2 aromatic carbocycles. The van der Waals surface area contributed by atoms with Gasteiger partial charge in [-0.3, -0.25) is 4.79 Å². The lowest BCUT2D eigenvalue weighted by molar-refractivity contribution is 0.1000. The first-order valence-corrected chi connectivity index (χ1v) is 13.4. The minimum Gasteiger partial charge on any atom is -0.490 e. The molecule has 0 saturated carbocycles. The van der Waals surface area contributed by atoms with E-state index in [1.165, 1.54) is 6.07 Å². The van der Waals surface area contributed by atoms with Crippen LogP contribution in [0.25, 0.3) is 22.2 Å². The molecule has 0 bridgehead atoms. The van der Waals surface area contributed by atoms with Crippen molar-refractivity contribution in [3.05, 3.63) is 46.5 Å². The summed E-state index contributed by atoms with van der Waals surface area (Å²) in [5.41, 5.74) is 7.38. The van der Waals surface area contributed by atoms with Crippen LogP contribution < -0.4 is 25.0 Å². The predicted molar refractivity (Wildman–Crippen MR) is 147 cm³/mol. The Labute approximate surface area is 224 Å². The summed E-state index contributed by atoms with van der Waals surface area (Å²) in [6.45, 7) is 6.59. The highest BCUT2D eigenvalue weighted by atomic mass is 32.1. The smallest absolute Gasteiger partial charge is 0.277 e. The van der Waals surface area contributed by atoms with Gasteiger partial charge in [0, 0.05) is 48.2 Å². The molecule has 3 heterocycles. The van der Waals surface area contributed by atoms with Crippen molar-refractivity contribution in [3.63, 3.8) is 0 Å². The van der Waals surface area contributed by atoms with Crippen LogP contribution in [0.15, 0.2) is 35.7 Å². The fourth-order valence-electron chi connectivity index (χ4n) is 4.51. The van der Waals surface area contributed by atoms with Crippen molar-refractivity contribution in [2.45, 2.75) is 26.7 Å². The number of aromatic nitrogens is 3. The number of hydrogen-bond donors (Lipinski definition) is 1. The number of rotatable bonds is 9. The van der Waals surface area contributed by atoms with E-state index in [1.54, 1.807) is 17.5 Å².